The van der Waals surface area contributed by atoms with Gasteiger partial charge in [0.25, 0.3) is 5.91 Å². The second-order valence-electron chi connectivity index (χ2n) is 8.44. The first-order chi connectivity index (χ1) is 15.9. The zero-order valence-corrected chi connectivity index (χ0v) is 18.8. The Morgan fingerprint density at radius 3 is 2.24 bits per heavy atom. The van der Waals surface area contributed by atoms with Crippen LogP contribution in [0.3, 0.4) is 0 Å². The summed E-state index contributed by atoms with van der Waals surface area (Å²) < 4.78 is 0. The summed E-state index contributed by atoms with van der Waals surface area (Å²) in [6.45, 7) is 4.71. The zero-order chi connectivity index (χ0) is 23.4. The van der Waals surface area contributed by atoms with E-state index >= 15 is 0 Å². The average Bonchev–Trinajstić information content (AvgIpc) is 3.21. The molecule has 0 aromatic heterocycles. The Hall–Kier alpha value is -3.93. The molecule has 1 aliphatic heterocycles. The number of amides is 3. The molecule has 4 rings (SSSR count). The van der Waals surface area contributed by atoms with Gasteiger partial charge in [-0.15, -0.1) is 0 Å². The van der Waals surface area contributed by atoms with Gasteiger partial charge in [-0.3, -0.25) is 14.4 Å². The molecule has 6 nitrogen and oxygen atoms in total. The largest absolute Gasteiger partial charge is 0.348 e. The standard InChI is InChI=1S/C27H27N3O3/c1-18-7-11-20(12-8-18)16-28-27(33)23-5-3-4-6-24(23)29-26(32)21-15-25(31)30(17-21)22-13-9-19(2)10-14-22/h3-14,21H,15-17H2,1-2H3,(H,28,33)(H,29,32). The maximum atomic E-state index is 13.0. The van der Waals surface area contributed by atoms with Crippen LogP contribution in [0.1, 0.15) is 33.5 Å². The average molecular weight is 442 g/mol. The number of carbonyl (C=O) groups excluding carboxylic acids is 3. The number of para-hydroxylation sites is 1. The third kappa shape index (κ3) is 5.29. The number of nitrogens with one attached hydrogen (secondary N) is 2. The third-order valence-electron chi connectivity index (χ3n) is 5.84. The van der Waals surface area contributed by atoms with Crippen molar-refractivity contribution in [2.24, 2.45) is 5.92 Å². The minimum Gasteiger partial charge on any atom is -0.348 e. The van der Waals surface area contributed by atoms with Gasteiger partial charge in [0, 0.05) is 25.2 Å². The first-order valence-electron chi connectivity index (χ1n) is 11.0. The highest BCUT2D eigenvalue weighted by Crippen LogP contribution is 2.27. The summed E-state index contributed by atoms with van der Waals surface area (Å²) in [5.41, 5.74) is 4.87. The van der Waals surface area contributed by atoms with Gasteiger partial charge >= 0.3 is 0 Å². The molecule has 0 spiro atoms. The first-order valence-corrected chi connectivity index (χ1v) is 11.0. The van der Waals surface area contributed by atoms with Crippen molar-refractivity contribution in [1.29, 1.82) is 0 Å². The summed E-state index contributed by atoms with van der Waals surface area (Å²) in [4.78, 5) is 39.9. The molecule has 168 valence electrons. The number of carbonyl (C=O) groups is 3. The molecular formula is C27H27N3O3. The molecule has 1 aliphatic rings. The van der Waals surface area contributed by atoms with Gasteiger partial charge in [0.2, 0.25) is 11.8 Å². The van der Waals surface area contributed by atoms with E-state index in [0.717, 1.165) is 22.4 Å². The predicted molar refractivity (Wildman–Crippen MR) is 129 cm³/mol. The molecule has 3 aromatic rings. The minimum absolute atomic E-state index is 0.0804. The predicted octanol–water partition coefficient (Wildman–Crippen LogP) is 4.23. The number of anilines is 2. The number of rotatable bonds is 6. The van der Waals surface area contributed by atoms with E-state index in [1.54, 1.807) is 29.2 Å². The molecule has 1 heterocycles. The summed E-state index contributed by atoms with van der Waals surface area (Å²) in [5, 5.41) is 5.77. The fraction of sp³-hybridized carbons (Fsp3) is 0.222. The number of aryl methyl sites for hydroxylation is 2. The maximum absolute atomic E-state index is 13.0. The highest BCUT2D eigenvalue weighted by molar-refractivity contribution is 6.07. The van der Waals surface area contributed by atoms with Crippen molar-refractivity contribution in [3.63, 3.8) is 0 Å². The van der Waals surface area contributed by atoms with E-state index in [4.69, 9.17) is 0 Å². The van der Waals surface area contributed by atoms with Crippen molar-refractivity contribution in [3.05, 3.63) is 95.1 Å². The maximum Gasteiger partial charge on any atom is 0.253 e. The minimum atomic E-state index is -0.484. The Morgan fingerprint density at radius 2 is 1.55 bits per heavy atom. The van der Waals surface area contributed by atoms with Crippen LogP contribution in [0.5, 0.6) is 0 Å². The summed E-state index contributed by atoms with van der Waals surface area (Å²) in [6, 6.07) is 22.5. The fourth-order valence-corrected chi connectivity index (χ4v) is 3.87. The molecule has 33 heavy (non-hydrogen) atoms. The van der Waals surface area contributed by atoms with E-state index in [1.165, 1.54) is 0 Å². The number of hydrogen-bond donors (Lipinski definition) is 2. The van der Waals surface area contributed by atoms with Crippen LogP contribution < -0.4 is 15.5 Å². The summed E-state index contributed by atoms with van der Waals surface area (Å²) in [7, 11) is 0. The Bertz CT molecular complexity index is 1170. The smallest absolute Gasteiger partial charge is 0.253 e. The molecule has 0 bridgehead atoms. The highest BCUT2D eigenvalue weighted by Gasteiger charge is 2.35. The van der Waals surface area contributed by atoms with E-state index in [2.05, 4.69) is 10.6 Å². The van der Waals surface area contributed by atoms with E-state index in [-0.39, 0.29) is 24.1 Å². The van der Waals surface area contributed by atoms with Gasteiger partial charge in [0.05, 0.1) is 17.2 Å². The van der Waals surface area contributed by atoms with E-state index in [9.17, 15) is 14.4 Å². The summed E-state index contributed by atoms with van der Waals surface area (Å²) in [5.74, 6) is -1.10. The van der Waals surface area contributed by atoms with Gasteiger partial charge in [-0.1, -0.05) is 59.7 Å². The molecule has 6 heteroatoms. The van der Waals surface area contributed by atoms with Crippen LogP contribution >= 0.6 is 0 Å². The second-order valence-corrected chi connectivity index (χ2v) is 8.44. The van der Waals surface area contributed by atoms with Crippen LogP contribution in [-0.4, -0.2) is 24.3 Å². The summed E-state index contributed by atoms with van der Waals surface area (Å²) in [6.07, 6.45) is 0.140. The lowest BCUT2D eigenvalue weighted by molar-refractivity contribution is -0.122. The Balaban J connectivity index is 1.41. The van der Waals surface area contributed by atoms with Crippen LogP contribution in [-0.2, 0) is 16.1 Å². The second kappa shape index (κ2) is 9.69. The first kappa shape index (κ1) is 22.3. The Morgan fingerprint density at radius 1 is 0.909 bits per heavy atom. The topological polar surface area (TPSA) is 78.5 Å². The quantitative estimate of drug-likeness (QED) is 0.601. The lowest BCUT2D eigenvalue weighted by Gasteiger charge is -2.17. The van der Waals surface area contributed by atoms with Gasteiger partial charge in [0.15, 0.2) is 0 Å². The number of nitrogens with zero attached hydrogens (tertiary/aromatic N) is 1. The molecule has 3 amide bonds. The molecule has 0 saturated carbocycles. The lowest BCUT2D eigenvalue weighted by atomic mass is 10.1. The Kier molecular flexibility index (Phi) is 6.54. The van der Waals surface area contributed by atoms with Crippen molar-refractivity contribution in [2.45, 2.75) is 26.8 Å². The lowest BCUT2D eigenvalue weighted by Crippen LogP contribution is -2.29. The van der Waals surface area contributed by atoms with Crippen LogP contribution in [0.4, 0.5) is 11.4 Å². The van der Waals surface area contributed by atoms with E-state index in [1.807, 2.05) is 62.4 Å². The van der Waals surface area contributed by atoms with Crippen LogP contribution in [0.15, 0.2) is 72.8 Å². The van der Waals surface area contributed by atoms with Crippen molar-refractivity contribution >= 4 is 29.1 Å². The monoisotopic (exact) mass is 441 g/mol. The van der Waals surface area contributed by atoms with E-state index in [0.29, 0.717) is 24.3 Å². The van der Waals surface area contributed by atoms with Crippen LogP contribution in [0, 0.1) is 19.8 Å². The van der Waals surface area contributed by atoms with Gasteiger partial charge in [-0.05, 0) is 43.7 Å². The molecule has 0 aliphatic carbocycles. The normalized spacial score (nSPS) is 15.4. The Labute approximate surface area is 193 Å². The van der Waals surface area contributed by atoms with Gasteiger partial charge in [-0.25, -0.2) is 0 Å². The highest BCUT2D eigenvalue weighted by atomic mass is 16.2. The van der Waals surface area contributed by atoms with Crippen molar-refractivity contribution in [1.82, 2.24) is 5.32 Å². The zero-order valence-electron chi connectivity index (χ0n) is 18.8. The van der Waals surface area contributed by atoms with Gasteiger partial charge in [0.1, 0.15) is 0 Å². The third-order valence-corrected chi connectivity index (χ3v) is 5.84. The molecule has 1 saturated heterocycles. The SMILES string of the molecule is Cc1ccc(CNC(=O)c2ccccc2NC(=O)C2CC(=O)N(c3ccc(C)cc3)C2)cc1. The number of hydrogen-bond acceptors (Lipinski definition) is 3. The number of benzene rings is 3. The molecular weight excluding hydrogens is 414 g/mol. The molecule has 1 atom stereocenters. The molecule has 1 unspecified atom stereocenters. The molecule has 2 N–H and O–H groups in total. The van der Waals surface area contributed by atoms with Gasteiger partial charge < -0.3 is 15.5 Å². The van der Waals surface area contributed by atoms with Crippen LogP contribution in [0.25, 0.3) is 0 Å². The molecule has 0 radical (unpaired) electrons. The van der Waals surface area contributed by atoms with Crippen molar-refractivity contribution in [2.75, 3.05) is 16.8 Å². The van der Waals surface area contributed by atoms with Gasteiger partial charge in [-0.2, -0.15) is 0 Å². The molecule has 1 fully saturated rings. The van der Waals surface area contributed by atoms with Crippen molar-refractivity contribution < 1.29 is 14.4 Å². The molecule has 3 aromatic carbocycles. The van der Waals surface area contributed by atoms with Crippen molar-refractivity contribution in [3.8, 4) is 0 Å². The van der Waals surface area contributed by atoms with E-state index < -0.39 is 5.92 Å². The van der Waals surface area contributed by atoms with Crippen LogP contribution in [0.2, 0.25) is 0 Å². The summed E-state index contributed by atoms with van der Waals surface area (Å²) >= 11 is 0. The fourth-order valence-electron chi connectivity index (χ4n) is 3.87.